The van der Waals surface area contributed by atoms with E-state index in [1.165, 1.54) is 11.1 Å². The van der Waals surface area contributed by atoms with E-state index in [9.17, 15) is 0 Å². The third kappa shape index (κ3) is 1.96. The minimum atomic E-state index is -0.536. The zero-order valence-corrected chi connectivity index (χ0v) is 11.4. The minimum Gasteiger partial charge on any atom is -0.380 e. The number of methoxy groups -OCH3 is 1. The largest absolute Gasteiger partial charge is 0.380 e. The fourth-order valence-electron chi connectivity index (χ4n) is 2.54. The maximum absolute atomic E-state index is 5.73. The summed E-state index contributed by atoms with van der Waals surface area (Å²) in [6, 6.07) is 2.19. The Morgan fingerprint density at radius 3 is 3.00 bits per heavy atom. The molecule has 0 unspecified atom stereocenters. The first kappa shape index (κ1) is 12.5. The Balaban J connectivity index is 2.55. The van der Waals surface area contributed by atoms with Crippen LogP contribution in [0.1, 0.15) is 29.7 Å². The number of rotatable bonds is 2. The van der Waals surface area contributed by atoms with E-state index >= 15 is 0 Å². The number of aromatic nitrogens is 1. The SMILES string of the molecule is CNC(=S)[C@]1(OC)CCCc2cc(C)cnc21. The van der Waals surface area contributed by atoms with Crippen LogP contribution in [0.2, 0.25) is 0 Å². The molecular formula is C13H18N2OS. The molecule has 0 spiro atoms. The Bertz CT molecular complexity index is 447. The van der Waals surface area contributed by atoms with E-state index in [0.717, 1.165) is 29.9 Å². The van der Waals surface area contributed by atoms with Gasteiger partial charge in [0.25, 0.3) is 0 Å². The van der Waals surface area contributed by atoms with Crippen molar-refractivity contribution in [1.82, 2.24) is 10.3 Å². The molecule has 0 amide bonds. The van der Waals surface area contributed by atoms with Gasteiger partial charge in [0, 0.05) is 20.4 Å². The third-order valence-corrected chi connectivity index (χ3v) is 3.94. The normalized spacial score (nSPS) is 23.0. The van der Waals surface area contributed by atoms with Gasteiger partial charge in [0.1, 0.15) is 4.99 Å². The van der Waals surface area contributed by atoms with E-state index in [1.54, 1.807) is 7.11 Å². The smallest absolute Gasteiger partial charge is 0.159 e. The molecule has 1 heterocycles. The standard InChI is InChI=1S/C13H18N2OS/c1-9-7-10-5-4-6-13(16-3,12(17)14-2)11(10)15-8-9/h7-8H,4-6H2,1-3H3,(H,14,17)/t13-/m0/s1. The fraction of sp³-hybridized carbons (Fsp3) is 0.538. The molecule has 0 fully saturated rings. The van der Waals surface area contributed by atoms with E-state index in [-0.39, 0.29) is 0 Å². The van der Waals surface area contributed by atoms with Gasteiger partial charge >= 0.3 is 0 Å². The first-order valence-corrected chi connectivity index (χ1v) is 6.28. The first-order valence-electron chi connectivity index (χ1n) is 5.87. The van der Waals surface area contributed by atoms with E-state index in [4.69, 9.17) is 17.0 Å². The van der Waals surface area contributed by atoms with Crippen LogP contribution in [-0.2, 0) is 16.8 Å². The summed E-state index contributed by atoms with van der Waals surface area (Å²) < 4.78 is 5.73. The molecule has 1 aliphatic rings. The molecule has 92 valence electrons. The Kier molecular flexibility index (Phi) is 3.45. The Morgan fingerprint density at radius 2 is 2.35 bits per heavy atom. The van der Waals surface area contributed by atoms with Crippen LogP contribution in [-0.4, -0.2) is 24.1 Å². The van der Waals surface area contributed by atoms with Crippen LogP contribution in [0, 0.1) is 6.92 Å². The van der Waals surface area contributed by atoms with Crippen LogP contribution in [0.3, 0.4) is 0 Å². The van der Waals surface area contributed by atoms with Crippen LogP contribution in [0.5, 0.6) is 0 Å². The van der Waals surface area contributed by atoms with Gasteiger partial charge in [-0.15, -0.1) is 0 Å². The summed E-state index contributed by atoms with van der Waals surface area (Å²) in [4.78, 5) is 5.28. The zero-order chi connectivity index (χ0) is 12.5. The van der Waals surface area contributed by atoms with Crippen molar-refractivity contribution in [3.8, 4) is 0 Å². The molecule has 0 aromatic carbocycles. The summed E-state index contributed by atoms with van der Waals surface area (Å²) >= 11 is 5.42. The maximum Gasteiger partial charge on any atom is 0.159 e. The maximum atomic E-state index is 5.73. The second kappa shape index (κ2) is 4.70. The molecule has 1 aromatic heterocycles. The lowest BCUT2D eigenvalue weighted by molar-refractivity contribution is 0.0282. The number of nitrogens with one attached hydrogen (secondary N) is 1. The molecule has 0 aliphatic heterocycles. The molecule has 1 atom stereocenters. The summed E-state index contributed by atoms with van der Waals surface area (Å²) in [6.07, 6.45) is 4.91. The molecule has 0 bridgehead atoms. The van der Waals surface area contributed by atoms with E-state index in [0.29, 0.717) is 0 Å². The summed E-state index contributed by atoms with van der Waals surface area (Å²) in [5.41, 5.74) is 2.89. The van der Waals surface area contributed by atoms with Gasteiger partial charge in [0.2, 0.25) is 0 Å². The van der Waals surface area contributed by atoms with Crippen LogP contribution in [0.15, 0.2) is 12.3 Å². The number of ether oxygens (including phenoxy) is 1. The van der Waals surface area contributed by atoms with Crippen LogP contribution in [0.4, 0.5) is 0 Å². The lowest BCUT2D eigenvalue weighted by Gasteiger charge is -2.37. The van der Waals surface area contributed by atoms with Gasteiger partial charge in [-0.3, -0.25) is 4.98 Å². The lowest BCUT2D eigenvalue weighted by atomic mass is 9.82. The van der Waals surface area contributed by atoms with Gasteiger partial charge in [-0.25, -0.2) is 0 Å². The van der Waals surface area contributed by atoms with Crippen LogP contribution < -0.4 is 5.32 Å². The minimum absolute atomic E-state index is 0.536. The second-order valence-electron chi connectivity index (χ2n) is 4.48. The summed E-state index contributed by atoms with van der Waals surface area (Å²) in [5, 5.41) is 3.05. The summed E-state index contributed by atoms with van der Waals surface area (Å²) in [7, 11) is 3.55. The number of hydrogen-bond donors (Lipinski definition) is 1. The Morgan fingerprint density at radius 1 is 1.59 bits per heavy atom. The third-order valence-electron chi connectivity index (χ3n) is 3.40. The molecule has 3 nitrogen and oxygen atoms in total. The number of pyridine rings is 1. The van der Waals surface area contributed by atoms with Crippen molar-refractivity contribution in [3.05, 3.63) is 29.1 Å². The van der Waals surface area contributed by atoms with Crippen molar-refractivity contribution in [3.63, 3.8) is 0 Å². The average molecular weight is 250 g/mol. The highest BCUT2D eigenvalue weighted by molar-refractivity contribution is 7.80. The molecular weight excluding hydrogens is 232 g/mol. The van der Waals surface area contributed by atoms with Crippen molar-refractivity contribution in [1.29, 1.82) is 0 Å². The van der Waals surface area contributed by atoms with Gasteiger partial charge in [0.05, 0.1) is 5.69 Å². The van der Waals surface area contributed by atoms with Crippen molar-refractivity contribution in [2.24, 2.45) is 0 Å². The van der Waals surface area contributed by atoms with Gasteiger partial charge in [0.15, 0.2) is 5.60 Å². The quantitative estimate of drug-likeness (QED) is 0.815. The monoisotopic (exact) mass is 250 g/mol. The lowest BCUT2D eigenvalue weighted by Crippen LogP contribution is -2.46. The molecule has 1 aliphatic carbocycles. The molecule has 1 N–H and O–H groups in total. The average Bonchev–Trinajstić information content (AvgIpc) is 2.36. The van der Waals surface area contributed by atoms with E-state index in [1.807, 2.05) is 13.2 Å². The van der Waals surface area contributed by atoms with Crippen LogP contribution in [0.25, 0.3) is 0 Å². The molecule has 0 radical (unpaired) electrons. The zero-order valence-electron chi connectivity index (χ0n) is 10.5. The molecule has 0 saturated carbocycles. The predicted molar refractivity (Wildman–Crippen MR) is 72.3 cm³/mol. The molecule has 4 heteroatoms. The molecule has 1 aromatic rings. The Hall–Kier alpha value is -1.00. The number of likely N-dealkylation sites (N-methyl/N-ethyl adjacent to an activating group) is 1. The van der Waals surface area contributed by atoms with E-state index < -0.39 is 5.60 Å². The molecule has 2 rings (SSSR count). The highest BCUT2D eigenvalue weighted by atomic mass is 32.1. The number of aryl methyl sites for hydroxylation is 2. The Labute approximate surface area is 108 Å². The highest BCUT2D eigenvalue weighted by Crippen LogP contribution is 2.37. The number of thiocarbonyl (C=S) groups is 1. The van der Waals surface area contributed by atoms with Crippen molar-refractivity contribution >= 4 is 17.2 Å². The number of hydrogen-bond acceptors (Lipinski definition) is 3. The van der Waals surface area contributed by atoms with Crippen LogP contribution >= 0.6 is 12.2 Å². The highest BCUT2D eigenvalue weighted by Gasteiger charge is 2.41. The summed E-state index contributed by atoms with van der Waals surface area (Å²) in [6.45, 7) is 2.06. The number of fused-ring (bicyclic) bond motifs is 1. The van der Waals surface area contributed by atoms with Gasteiger partial charge < -0.3 is 10.1 Å². The molecule has 17 heavy (non-hydrogen) atoms. The van der Waals surface area contributed by atoms with Crippen molar-refractivity contribution in [2.45, 2.75) is 31.8 Å². The fourth-order valence-corrected chi connectivity index (χ4v) is 2.83. The predicted octanol–water partition coefficient (Wildman–Crippen LogP) is 2.11. The topological polar surface area (TPSA) is 34.1 Å². The van der Waals surface area contributed by atoms with Gasteiger partial charge in [-0.2, -0.15) is 0 Å². The van der Waals surface area contributed by atoms with Crippen molar-refractivity contribution < 1.29 is 4.74 Å². The number of nitrogens with zero attached hydrogens (tertiary/aromatic N) is 1. The van der Waals surface area contributed by atoms with Gasteiger partial charge in [-0.05, 0) is 37.3 Å². The molecule has 0 saturated heterocycles. The van der Waals surface area contributed by atoms with E-state index in [2.05, 4.69) is 23.3 Å². The first-order chi connectivity index (χ1) is 8.14. The summed E-state index contributed by atoms with van der Waals surface area (Å²) in [5.74, 6) is 0. The van der Waals surface area contributed by atoms with Gasteiger partial charge in [-0.1, -0.05) is 18.3 Å². The van der Waals surface area contributed by atoms with Crippen molar-refractivity contribution in [2.75, 3.05) is 14.2 Å². The second-order valence-corrected chi connectivity index (χ2v) is 4.89.